The molecule has 1 aromatic rings. The van der Waals surface area contributed by atoms with E-state index in [1.807, 2.05) is 26.5 Å². The number of sulfonamides is 1. The zero-order valence-corrected chi connectivity index (χ0v) is 15.8. The van der Waals surface area contributed by atoms with Gasteiger partial charge in [0.15, 0.2) is 5.96 Å². The van der Waals surface area contributed by atoms with Crippen molar-refractivity contribution < 1.29 is 8.42 Å². The highest BCUT2D eigenvalue weighted by atomic mass is 32.2. The number of hydrogen-bond acceptors (Lipinski definition) is 4. The maximum Gasteiger partial charge on any atom is 0.211 e. The lowest BCUT2D eigenvalue weighted by atomic mass is 9.98. The SMILES string of the molecule is CN=C(NCC1CCN(S(C)(=O)=O)CC1)N(C)Cc1cnn(C)c1. The number of guanidine groups is 1. The molecule has 1 aliphatic heterocycles. The minimum atomic E-state index is -3.06. The molecule has 0 aromatic carbocycles. The summed E-state index contributed by atoms with van der Waals surface area (Å²) in [6, 6.07) is 0. The molecule has 136 valence electrons. The Kier molecular flexibility index (Phi) is 6.22. The van der Waals surface area contributed by atoms with Crippen LogP contribution in [0.1, 0.15) is 18.4 Å². The van der Waals surface area contributed by atoms with E-state index in [0.29, 0.717) is 19.0 Å². The molecule has 0 spiro atoms. The largest absolute Gasteiger partial charge is 0.356 e. The van der Waals surface area contributed by atoms with Crippen LogP contribution >= 0.6 is 0 Å². The number of rotatable bonds is 5. The van der Waals surface area contributed by atoms with Gasteiger partial charge in [0.25, 0.3) is 0 Å². The number of aliphatic imine (C=N–C) groups is 1. The van der Waals surface area contributed by atoms with Crippen LogP contribution in [-0.4, -0.2) is 73.3 Å². The second-order valence-corrected chi connectivity index (χ2v) is 8.39. The summed E-state index contributed by atoms with van der Waals surface area (Å²) >= 11 is 0. The van der Waals surface area contributed by atoms with Crippen molar-refractivity contribution in [1.29, 1.82) is 0 Å². The highest BCUT2D eigenvalue weighted by molar-refractivity contribution is 7.88. The molecule has 0 atom stereocenters. The third-order valence-corrected chi connectivity index (χ3v) is 5.65. The normalized spacial score (nSPS) is 17.9. The van der Waals surface area contributed by atoms with Gasteiger partial charge in [-0.2, -0.15) is 5.10 Å². The van der Waals surface area contributed by atoms with Crippen LogP contribution < -0.4 is 5.32 Å². The van der Waals surface area contributed by atoms with Crippen molar-refractivity contribution in [2.45, 2.75) is 19.4 Å². The van der Waals surface area contributed by atoms with Crippen LogP contribution in [0.2, 0.25) is 0 Å². The van der Waals surface area contributed by atoms with Crippen LogP contribution in [0.25, 0.3) is 0 Å². The minimum absolute atomic E-state index is 0.464. The first-order valence-electron chi connectivity index (χ1n) is 8.14. The van der Waals surface area contributed by atoms with Gasteiger partial charge in [0.05, 0.1) is 12.5 Å². The molecule has 2 heterocycles. The fourth-order valence-electron chi connectivity index (χ4n) is 2.97. The maximum absolute atomic E-state index is 11.5. The first kappa shape index (κ1) is 18.7. The summed E-state index contributed by atoms with van der Waals surface area (Å²) in [5.41, 5.74) is 1.13. The highest BCUT2D eigenvalue weighted by Gasteiger charge is 2.25. The number of nitrogens with zero attached hydrogens (tertiary/aromatic N) is 5. The molecule has 1 saturated heterocycles. The molecule has 0 bridgehead atoms. The fraction of sp³-hybridized carbons (Fsp3) is 0.733. The number of nitrogens with one attached hydrogen (secondary N) is 1. The van der Waals surface area contributed by atoms with Gasteiger partial charge in [-0.1, -0.05) is 0 Å². The Hall–Kier alpha value is -1.61. The number of hydrogen-bond donors (Lipinski definition) is 1. The van der Waals surface area contributed by atoms with Gasteiger partial charge in [-0.3, -0.25) is 9.67 Å². The summed E-state index contributed by atoms with van der Waals surface area (Å²) in [4.78, 5) is 6.39. The molecule has 0 amide bonds. The van der Waals surface area contributed by atoms with Gasteiger partial charge in [0.2, 0.25) is 10.0 Å². The van der Waals surface area contributed by atoms with Crippen molar-refractivity contribution in [3.63, 3.8) is 0 Å². The van der Waals surface area contributed by atoms with Crippen LogP contribution in [0.4, 0.5) is 0 Å². The van der Waals surface area contributed by atoms with Crippen LogP contribution in [0.5, 0.6) is 0 Å². The summed E-state index contributed by atoms with van der Waals surface area (Å²) in [6.45, 7) is 2.76. The van der Waals surface area contributed by atoms with Crippen molar-refractivity contribution >= 4 is 16.0 Å². The molecule has 24 heavy (non-hydrogen) atoms. The van der Waals surface area contributed by atoms with Gasteiger partial charge >= 0.3 is 0 Å². The van der Waals surface area contributed by atoms with E-state index >= 15 is 0 Å². The van der Waals surface area contributed by atoms with Crippen LogP contribution in [-0.2, 0) is 23.6 Å². The standard InChI is InChI=1S/C15H28N6O2S/c1-16-15(19(2)11-14-10-18-20(3)12-14)17-9-13-5-7-21(8-6-13)24(4,22)23/h10,12-13H,5-9,11H2,1-4H3,(H,16,17). The van der Waals surface area contributed by atoms with E-state index in [9.17, 15) is 8.42 Å². The Morgan fingerprint density at radius 3 is 2.62 bits per heavy atom. The van der Waals surface area contributed by atoms with E-state index in [-0.39, 0.29) is 0 Å². The zero-order valence-electron chi connectivity index (χ0n) is 14.9. The van der Waals surface area contributed by atoms with Gasteiger partial charge in [-0.05, 0) is 18.8 Å². The lowest BCUT2D eigenvalue weighted by molar-refractivity contribution is 0.273. The summed E-state index contributed by atoms with van der Waals surface area (Å²) < 4.78 is 26.4. The van der Waals surface area contributed by atoms with Gasteiger partial charge in [-0.15, -0.1) is 0 Å². The summed E-state index contributed by atoms with van der Waals surface area (Å²) in [7, 11) is 2.61. The van der Waals surface area contributed by atoms with Crippen molar-refractivity contribution in [3.8, 4) is 0 Å². The quantitative estimate of drug-likeness (QED) is 0.598. The molecule has 0 saturated carbocycles. The van der Waals surface area contributed by atoms with Gasteiger partial charge in [0.1, 0.15) is 0 Å². The van der Waals surface area contributed by atoms with E-state index in [1.165, 1.54) is 6.26 Å². The Labute approximate surface area is 144 Å². The molecule has 0 unspecified atom stereocenters. The van der Waals surface area contributed by atoms with Crippen LogP contribution in [0.15, 0.2) is 17.4 Å². The van der Waals surface area contributed by atoms with E-state index in [1.54, 1.807) is 16.0 Å². The lowest BCUT2D eigenvalue weighted by Gasteiger charge is -2.31. The second kappa shape index (κ2) is 7.98. The van der Waals surface area contributed by atoms with Crippen molar-refractivity contribution in [2.75, 3.05) is 40.0 Å². The van der Waals surface area contributed by atoms with E-state index in [2.05, 4.69) is 20.3 Å². The van der Waals surface area contributed by atoms with E-state index in [0.717, 1.165) is 37.5 Å². The Bertz CT molecular complexity index is 661. The molecule has 1 N–H and O–H groups in total. The third-order valence-electron chi connectivity index (χ3n) is 4.34. The Balaban J connectivity index is 1.80. The lowest BCUT2D eigenvalue weighted by Crippen LogP contribution is -2.44. The van der Waals surface area contributed by atoms with Crippen molar-refractivity contribution in [1.82, 2.24) is 24.3 Å². The van der Waals surface area contributed by atoms with E-state index < -0.39 is 10.0 Å². The molecule has 1 fully saturated rings. The van der Waals surface area contributed by atoms with Gasteiger partial charge < -0.3 is 10.2 Å². The molecule has 9 heteroatoms. The molecule has 0 aliphatic carbocycles. The summed E-state index contributed by atoms with van der Waals surface area (Å²) in [5, 5.41) is 7.58. The molecule has 1 aliphatic rings. The third kappa shape index (κ3) is 5.20. The maximum atomic E-state index is 11.5. The molecular weight excluding hydrogens is 328 g/mol. The zero-order chi connectivity index (χ0) is 17.7. The van der Waals surface area contributed by atoms with Crippen molar-refractivity contribution in [2.24, 2.45) is 18.0 Å². The molecule has 2 rings (SSSR count). The molecule has 0 radical (unpaired) electrons. The predicted molar refractivity (Wildman–Crippen MR) is 95.2 cm³/mol. The van der Waals surface area contributed by atoms with Gasteiger partial charge in [-0.25, -0.2) is 12.7 Å². The van der Waals surface area contributed by atoms with E-state index in [4.69, 9.17) is 0 Å². The fourth-order valence-corrected chi connectivity index (χ4v) is 3.84. The topological polar surface area (TPSA) is 82.8 Å². The summed E-state index contributed by atoms with van der Waals surface area (Å²) in [6.07, 6.45) is 6.88. The second-order valence-electron chi connectivity index (χ2n) is 6.41. The Morgan fingerprint density at radius 1 is 1.46 bits per heavy atom. The molecule has 1 aromatic heterocycles. The first-order valence-corrected chi connectivity index (χ1v) is 9.99. The average molecular weight is 356 g/mol. The smallest absolute Gasteiger partial charge is 0.211 e. The molecule has 8 nitrogen and oxygen atoms in total. The summed E-state index contributed by atoms with van der Waals surface area (Å²) in [5.74, 6) is 1.30. The minimum Gasteiger partial charge on any atom is -0.356 e. The highest BCUT2D eigenvalue weighted by Crippen LogP contribution is 2.18. The first-order chi connectivity index (χ1) is 11.3. The predicted octanol–water partition coefficient (Wildman–Crippen LogP) is 0.0989. The number of piperidine rings is 1. The van der Waals surface area contributed by atoms with Crippen LogP contribution in [0.3, 0.4) is 0 Å². The van der Waals surface area contributed by atoms with Gasteiger partial charge in [0, 0.05) is 59.1 Å². The number of aromatic nitrogens is 2. The van der Waals surface area contributed by atoms with Crippen molar-refractivity contribution in [3.05, 3.63) is 18.0 Å². The van der Waals surface area contributed by atoms with Crippen LogP contribution in [0, 0.1) is 5.92 Å². The Morgan fingerprint density at radius 2 is 2.12 bits per heavy atom. The number of aryl methyl sites for hydroxylation is 1. The average Bonchev–Trinajstić information content (AvgIpc) is 2.92. The monoisotopic (exact) mass is 356 g/mol. The molecular formula is C15H28N6O2S.